The summed E-state index contributed by atoms with van der Waals surface area (Å²) in [5, 5.41) is 5.54. The van der Waals surface area contributed by atoms with Gasteiger partial charge in [-0.1, -0.05) is 13.0 Å². The highest BCUT2D eigenvalue weighted by Crippen LogP contribution is 2.27. The van der Waals surface area contributed by atoms with E-state index in [0.29, 0.717) is 12.1 Å². The summed E-state index contributed by atoms with van der Waals surface area (Å²) < 4.78 is 5.76. The van der Waals surface area contributed by atoms with Gasteiger partial charge in [0.1, 0.15) is 0 Å². The Morgan fingerprint density at radius 2 is 2.53 bits per heavy atom. The van der Waals surface area contributed by atoms with Crippen molar-refractivity contribution in [3.05, 3.63) is 22.4 Å². The van der Waals surface area contributed by atoms with Crippen molar-refractivity contribution in [2.24, 2.45) is 0 Å². The van der Waals surface area contributed by atoms with Gasteiger partial charge in [-0.3, -0.25) is 4.90 Å². The Balaban J connectivity index is 1.90. The molecule has 3 nitrogen and oxygen atoms in total. The Labute approximate surface area is 108 Å². The summed E-state index contributed by atoms with van der Waals surface area (Å²) in [4.78, 5) is 3.88. The fourth-order valence-corrected chi connectivity index (χ4v) is 3.37. The number of hydrogen-bond donors (Lipinski definition) is 1. The second-order valence-electron chi connectivity index (χ2n) is 4.58. The van der Waals surface area contributed by atoms with Gasteiger partial charge in [0.15, 0.2) is 0 Å². The van der Waals surface area contributed by atoms with Crippen molar-refractivity contribution in [1.29, 1.82) is 0 Å². The maximum atomic E-state index is 5.76. The number of nitrogens with one attached hydrogen (secondary N) is 1. The first-order chi connectivity index (χ1) is 8.31. The summed E-state index contributed by atoms with van der Waals surface area (Å²) >= 11 is 1.85. The number of likely N-dealkylation sites (N-methyl/N-ethyl adjacent to an activating group) is 1. The first-order valence-electron chi connectivity index (χ1n) is 6.37. The lowest BCUT2D eigenvalue weighted by Crippen LogP contribution is -2.45. The molecule has 1 fully saturated rings. The van der Waals surface area contributed by atoms with E-state index in [1.54, 1.807) is 0 Å². The Kier molecular flexibility index (Phi) is 4.98. The van der Waals surface area contributed by atoms with Crippen LogP contribution in [-0.2, 0) is 4.74 Å². The van der Waals surface area contributed by atoms with Crippen molar-refractivity contribution in [3.63, 3.8) is 0 Å². The van der Waals surface area contributed by atoms with Gasteiger partial charge in [0.05, 0.1) is 12.7 Å². The molecule has 1 saturated heterocycles. The molecule has 0 aliphatic carbocycles. The maximum absolute atomic E-state index is 5.76. The number of rotatable bonds is 5. The topological polar surface area (TPSA) is 24.5 Å². The zero-order chi connectivity index (χ0) is 12.1. The molecule has 1 aliphatic rings. The second kappa shape index (κ2) is 6.50. The highest BCUT2D eigenvalue weighted by molar-refractivity contribution is 7.10. The number of hydrogen-bond acceptors (Lipinski definition) is 4. The van der Waals surface area contributed by atoms with Gasteiger partial charge in [-0.25, -0.2) is 0 Å². The molecule has 2 atom stereocenters. The summed E-state index contributed by atoms with van der Waals surface area (Å²) in [6.45, 7) is 6.06. The van der Waals surface area contributed by atoms with Crippen LogP contribution < -0.4 is 5.32 Å². The van der Waals surface area contributed by atoms with Gasteiger partial charge in [-0.05, 0) is 24.9 Å². The van der Waals surface area contributed by atoms with E-state index in [-0.39, 0.29) is 0 Å². The van der Waals surface area contributed by atoms with Crippen LogP contribution in [0.5, 0.6) is 0 Å². The number of nitrogens with zero attached hydrogens (tertiary/aromatic N) is 1. The van der Waals surface area contributed by atoms with Crippen molar-refractivity contribution in [2.45, 2.75) is 25.5 Å². The van der Waals surface area contributed by atoms with E-state index in [9.17, 15) is 0 Å². The van der Waals surface area contributed by atoms with E-state index >= 15 is 0 Å². The first kappa shape index (κ1) is 13.0. The van der Waals surface area contributed by atoms with Crippen LogP contribution in [0.15, 0.2) is 17.5 Å². The van der Waals surface area contributed by atoms with Crippen molar-refractivity contribution < 1.29 is 4.74 Å². The number of morpholine rings is 1. The Morgan fingerprint density at radius 3 is 3.12 bits per heavy atom. The molecule has 0 aromatic carbocycles. The minimum absolute atomic E-state index is 0.336. The molecule has 2 unspecified atom stereocenters. The summed E-state index contributed by atoms with van der Waals surface area (Å²) in [5.41, 5.74) is 0. The molecule has 1 aliphatic heterocycles. The van der Waals surface area contributed by atoms with Crippen LogP contribution in [0.2, 0.25) is 0 Å². The molecule has 2 rings (SSSR count). The first-order valence-corrected chi connectivity index (χ1v) is 7.25. The monoisotopic (exact) mass is 254 g/mol. The van der Waals surface area contributed by atoms with Crippen molar-refractivity contribution in [3.8, 4) is 0 Å². The van der Waals surface area contributed by atoms with E-state index in [1.165, 1.54) is 4.88 Å². The van der Waals surface area contributed by atoms with Crippen LogP contribution in [0.3, 0.4) is 0 Å². The summed E-state index contributed by atoms with van der Waals surface area (Å²) in [5.74, 6) is 0. The molecule has 1 N–H and O–H groups in total. The lowest BCUT2D eigenvalue weighted by Gasteiger charge is -2.32. The zero-order valence-electron chi connectivity index (χ0n) is 10.7. The average Bonchev–Trinajstić information content (AvgIpc) is 2.85. The third-order valence-electron chi connectivity index (χ3n) is 3.29. The van der Waals surface area contributed by atoms with Crippen LogP contribution in [-0.4, -0.2) is 44.3 Å². The van der Waals surface area contributed by atoms with E-state index in [4.69, 9.17) is 4.74 Å². The normalized spacial score (nSPS) is 22.9. The Hall–Kier alpha value is -0.420. The maximum Gasteiger partial charge on any atom is 0.0826 e. The molecule has 0 radical (unpaired) electrons. The SMILES string of the molecule is CCC(c1cccs1)N(C)CC1CNCCO1. The number of ether oxygens (including phenoxy) is 1. The molecular formula is C13H22N2OS. The fraction of sp³-hybridized carbons (Fsp3) is 0.692. The van der Waals surface area contributed by atoms with Crippen LogP contribution in [0.1, 0.15) is 24.3 Å². The third-order valence-corrected chi connectivity index (χ3v) is 4.26. The second-order valence-corrected chi connectivity index (χ2v) is 5.56. The lowest BCUT2D eigenvalue weighted by atomic mass is 10.1. The molecule has 4 heteroatoms. The largest absolute Gasteiger partial charge is 0.374 e. The smallest absolute Gasteiger partial charge is 0.0826 e. The van der Waals surface area contributed by atoms with Gasteiger partial charge >= 0.3 is 0 Å². The number of thiophene rings is 1. The van der Waals surface area contributed by atoms with Crippen LogP contribution >= 0.6 is 11.3 Å². The highest BCUT2D eigenvalue weighted by atomic mass is 32.1. The van der Waals surface area contributed by atoms with Gasteiger partial charge in [-0.2, -0.15) is 0 Å². The van der Waals surface area contributed by atoms with Gasteiger partial charge in [0.25, 0.3) is 0 Å². The van der Waals surface area contributed by atoms with Crippen LogP contribution in [0.25, 0.3) is 0 Å². The summed E-state index contributed by atoms with van der Waals surface area (Å²) in [6.07, 6.45) is 1.49. The van der Waals surface area contributed by atoms with E-state index in [0.717, 1.165) is 32.7 Å². The predicted molar refractivity (Wildman–Crippen MR) is 72.6 cm³/mol. The van der Waals surface area contributed by atoms with Gasteiger partial charge in [-0.15, -0.1) is 11.3 Å². The molecule has 1 aromatic heterocycles. The van der Waals surface area contributed by atoms with E-state index in [2.05, 4.69) is 41.7 Å². The Bertz CT molecular complexity index is 309. The summed E-state index contributed by atoms with van der Waals surface area (Å²) in [6, 6.07) is 4.89. The third kappa shape index (κ3) is 3.52. The van der Waals surface area contributed by atoms with Crippen LogP contribution in [0, 0.1) is 0 Å². The van der Waals surface area contributed by atoms with Crippen LogP contribution in [0.4, 0.5) is 0 Å². The zero-order valence-corrected chi connectivity index (χ0v) is 11.5. The molecule has 0 amide bonds. The molecule has 96 valence electrons. The fourth-order valence-electron chi connectivity index (χ4n) is 2.40. The predicted octanol–water partition coefficient (Wildman–Crippen LogP) is 2.12. The average molecular weight is 254 g/mol. The minimum atomic E-state index is 0.336. The highest BCUT2D eigenvalue weighted by Gasteiger charge is 2.21. The van der Waals surface area contributed by atoms with E-state index in [1.807, 2.05) is 11.3 Å². The molecule has 1 aromatic rings. The standard InChI is InChI=1S/C13H22N2OS/c1-3-12(13-5-4-8-17-13)15(2)10-11-9-14-6-7-16-11/h4-5,8,11-12,14H,3,6-7,9-10H2,1-2H3. The van der Waals surface area contributed by atoms with Crippen molar-refractivity contribution in [1.82, 2.24) is 10.2 Å². The van der Waals surface area contributed by atoms with Gasteiger partial charge in [0.2, 0.25) is 0 Å². The van der Waals surface area contributed by atoms with Crippen molar-refractivity contribution >= 4 is 11.3 Å². The minimum Gasteiger partial charge on any atom is -0.374 e. The molecule has 2 heterocycles. The molecule has 0 bridgehead atoms. The molecule has 17 heavy (non-hydrogen) atoms. The molecule has 0 spiro atoms. The molecular weight excluding hydrogens is 232 g/mol. The summed E-state index contributed by atoms with van der Waals surface area (Å²) in [7, 11) is 2.20. The molecule has 0 saturated carbocycles. The van der Waals surface area contributed by atoms with E-state index < -0.39 is 0 Å². The Morgan fingerprint density at radius 1 is 1.65 bits per heavy atom. The van der Waals surface area contributed by atoms with Gasteiger partial charge < -0.3 is 10.1 Å². The quantitative estimate of drug-likeness (QED) is 0.871. The van der Waals surface area contributed by atoms with Crippen molar-refractivity contribution in [2.75, 3.05) is 33.3 Å². The van der Waals surface area contributed by atoms with Gasteiger partial charge in [0, 0.05) is 30.6 Å². The lowest BCUT2D eigenvalue weighted by molar-refractivity contribution is 0.00254.